The third kappa shape index (κ3) is 26.3. The van der Waals surface area contributed by atoms with E-state index in [0.717, 1.165) is 122 Å². The minimum absolute atomic E-state index is 0.0130. The summed E-state index contributed by atoms with van der Waals surface area (Å²) in [5, 5.41) is 0.0261. The van der Waals surface area contributed by atoms with Crippen LogP contribution in [-0.2, 0) is 42.2 Å². The molecular formula is C71H119N3O8SSi2. The van der Waals surface area contributed by atoms with Gasteiger partial charge in [0.2, 0.25) is 0 Å². The predicted octanol–water partition coefficient (Wildman–Crippen LogP) is 16.6. The number of rotatable bonds is 42. The molecule has 1 fully saturated rings. The van der Waals surface area contributed by atoms with Gasteiger partial charge >= 0.3 is 17.9 Å². The van der Waals surface area contributed by atoms with Crippen LogP contribution < -0.4 is 0 Å². The van der Waals surface area contributed by atoms with Crippen LogP contribution in [0.2, 0.25) is 36.3 Å². The van der Waals surface area contributed by atoms with Crippen LogP contribution >= 0.6 is 11.8 Å². The SMILES string of the molecule is CCC(CC)COC(=O)CCCCC(CN(CCCC(=O)OCCN1CCN(CCCCSC(c2ccccc2)(c2ccccc2)c2ccccc2)CC1)CC(CCCCC(=O)OCC(CC)CC)O[Si](C)(C)C(C)(C)C)O[Si](C)(C)C(C)(C)C. The molecule has 0 radical (unpaired) electrons. The van der Waals surface area contributed by atoms with Gasteiger partial charge in [0.1, 0.15) is 6.61 Å². The highest BCUT2D eigenvalue weighted by Gasteiger charge is 2.42. The van der Waals surface area contributed by atoms with Gasteiger partial charge in [-0.25, -0.2) is 0 Å². The highest BCUT2D eigenvalue weighted by Crippen LogP contribution is 2.49. The van der Waals surface area contributed by atoms with Gasteiger partial charge in [-0.3, -0.25) is 24.2 Å². The Kier molecular flexibility index (Phi) is 33.4. The van der Waals surface area contributed by atoms with Gasteiger partial charge in [-0.15, -0.1) is 11.8 Å². The monoisotopic (exact) mass is 1230 g/mol. The van der Waals surface area contributed by atoms with Gasteiger partial charge in [0.05, 0.1) is 30.2 Å². The number of benzene rings is 3. The summed E-state index contributed by atoms with van der Waals surface area (Å²) < 4.78 is 31.7. The molecule has 0 saturated carbocycles. The van der Waals surface area contributed by atoms with E-state index in [1.54, 1.807) is 0 Å². The predicted molar refractivity (Wildman–Crippen MR) is 362 cm³/mol. The third-order valence-electron chi connectivity index (χ3n) is 18.8. The van der Waals surface area contributed by atoms with Crippen LogP contribution in [0.25, 0.3) is 0 Å². The molecule has 1 aliphatic rings. The molecule has 85 heavy (non-hydrogen) atoms. The third-order valence-corrected chi connectivity index (χ3v) is 29.5. The summed E-state index contributed by atoms with van der Waals surface area (Å²) in [6.07, 6.45) is 12.9. The second kappa shape index (κ2) is 38.3. The van der Waals surface area contributed by atoms with E-state index in [2.05, 4.69) is 213 Å². The minimum atomic E-state index is -2.21. The number of hydrogen-bond donors (Lipinski definition) is 0. The van der Waals surface area contributed by atoms with Gasteiger partial charge in [0.25, 0.3) is 0 Å². The van der Waals surface area contributed by atoms with E-state index in [4.69, 9.17) is 23.1 Å². The van der Waals surface area contributed by atoms with E-state index in [-0.39, 0.29) is 44.9 Å². The normalized spacial score (nSPS) is 14.9. The Morgan fingerprint density at radius 2 is 0.882 bits per heavy atom. The summed E-state index contributed by atoms with van der Waals surface area (Å²) in [5.74, 6) is 1.49. The fourth-order valence-corrected chi connectivity index (χ4v) is 15.1. The van der Waals surface area contributed by atoms with Gasteiger partial charge in [-0.2, -0.15) is 0 Å². The Morgan fingerprint density at radius 1 is 0.506 bits per heavy atom. The molecule has 0 amide bonds. The Labute approximate surface area is 524 Å². The molecule has 1 saturated heterocycles. The van der Waals surface area contributed by atoms with Crippen LogP contribution in [-0.4, -0.2) is 146 Å². The van der Waals surface area contributed by atoms with Gasteiger partial charge in [-0.05, 0) is 129 Å². The summed E-state index contributed by atoms with van der Waals surface area (Å²) in [6.45, 7) is 40.9. The van der Waals surface area contributed by atoms with Crippen molar-refractivity contribution in [1.29, 1.82) is 0 Å². The number of carbonyl (C=O) groups is 3. The van der Waals surface area contributed by atoms with Crippen molar-refractivity contribution in [3.8, 4) is 0 Å². The quantitative estimate of drug-likeness (QED) is 0.0177. The summed E-state index contributed by atoms with van der Waals surface area (Å²) in [6, 6.07) is 33.0. The van der Waals surface area contributed by atoms with E-state index in [1.165, 1.54) is 16.7 Å². The van der Waals surface area contributed by atoms with Crippen molar-refractivity contribution in [1.82, 2.24) is 14.7 Å². The lowest BCUT2D eigenvalue weighted by molar-refractivity contribution is -0.146. The van der Waals surface area contributed by atoms with Crippen LogP contribution in [0.3, 0.4) is 0 Å². The van der Waals surface area contributed by atoms with Crippen molar-refractivity contribution in [2.45, 2.75) is 225 Å². The molecule has 4 rings (SSSR count). The highest BCUT2D eigenvalue weighted by molar-refractivity contribution is 8.00. The number of carbonyl (C=O) groups excluding carboxylic acids is 3. The van der Waals surface area contributed by atoms with Crippen molar-refractivity contribution in [3.63, 3.8) is 0 Å². The maximum Gasteiger partial charge on any atom is 0.305 e. The Hall–Kier alpha value is -3.35. The van der Waals surface area contributed by atoms with Crippen molar-refractivity contribution >= 4 is 46.3 Å². The lowest BCUT2D eigenvalue weighted by Crippen LogP contribution is -2.50. The Morgan fingerprint density at radius 3 is 1.27 bits per heavy atom. The molecule has 3 aromatic rings. The molecular weight excluding hydrogens is 1110 g/mol. The molecule has 480 valence electrons. The number of piperazine rings is 1. The van der Waals surface area contributed by atoms with Crippen molar-refractivity contribution in [2.24, 2.45) is 11.8 Å². The fourth-order valence-electron chi connectivity index (χ4n) is 10.8. The first-order chi connectivity index (χ1) is 40.5. The molecule has 3 aromatic carbocycles. The zero-order chi connectivity index (χ0) is 62.4. The molecule has 14 heteroatoms. The van der Waals surface area contributed by atoms with Gasteiger partial charge in [0.15, 0.2) is 16.6 Å². The minimum Gasteiger partial charge on any atom is -0.465 e. The number of hydrogen-bond acceptors (Lipinski definition) is 12. The fraction of sp³-hybridized carbons (Fsp3) is 0.704. The molecule has 0 aromatic heterocycles. The first kappa shape index (κ1) is 74.1. The zero-order valence-electron chi connectivity index (χ0n) is 56.0. The smallest absolute Gasteiger partial charge is 0.305 e. The standard InChI is InChI=1S/C71H119N3O8SSi2/c1-15-59(16-2)57-79-67(76)43-30-28-41-64(81-84(11,12)69(5,6)7)55-74(56-65(82-85(13,14)70(8,9)10)42-29-31-44-68(77)80-58-60(17-3)18-4)47-34-45-66(75)78-53-52-73-50-48-72(49-51-73)46-32-33-54-83-71(61-35-22-19-23-36-61,62-37-24-20-25-38-62)63-39-26-21-27-40-63/h19-27,35-40,59-60,64-65H,15-18,28-34,41-58H2,1-14H3. The van der Waals surface area contributed by atoms with E-state index in [0.29, 0.717) is 77.0 Å². The molecule has 0 bridgehead atoms. The lowest BCUT2D eigenvalue weighted by atomic mass is 9.84. The largest absolute Gasteiger partial charge is 0.465 e. The second-order valence-corrected chi connectivity index (χ2v) is 38.1. The molecule has 11 nitrogen and oxygen atoms in total. The first-order valence-electron chi connectivity index (χ1n) is 33.3. The molecule has 1 aliphatic heterocycles. The summed E-state index contributed by atoms with van der Waals surface area (Å²) in [7, 11) is -4.41. The second-order valence-electron chi connectivity index (χ2n) is 27.3. The molecule has 1 heterocycles. The van der Waals surface area contributed by atoms with E-state index in [1.807, 2.05) is 0 Å². The summed E-state index contributed by atoms with van der Waals surface area (Å²) >= 11 is 2.05. The number of unbranched alkanes of at least 4 members (excludes halogenated alkanes) is 3. The van der Waals surface area contributed by atoms with Crippen LogP contribution in [0.1, 0.15) is 189 Å². The molecule has 2 unspecified atom stereocenters. The van der Waals surface area contributed by atoms with Gasteiger partial charge in [-0.1, -0.05) is 199 Å². The van der Waals surface area contributed by atoms with E-state index < -0.39 is 16.6 Å². The van der Waals surface area contributed by atoms with Crippen molar-refractivity contribution in [2.75, 3.05) is 84.5 Å². The molecule has 0 N–H and O–H groups in total. The Bertz CT molecular complexity index is 2120. The van der Waals surface area contributed by atoms with Crippen molar-refractivity contribution in [3.05, 3.63) is 108 Å². The Balaban J connectivity index is 1.35. The highest BCUT2D eigenvalue weighted by atomic mass is 32.2. The summed E-state index contributed by atoms with van der Waals surface area (Å²) in [4.78, 5) is 46.8. The number of nitrogens with zero attached hydrogens (tertiary/aromatic N) is 3. The lowest BCUT2D eigenvalue weighted by Gasteiger charge is -2.42. The van der Waals surface area contributed by atoms with Gasteiger partial charge in [0, 0.05) is 65.1 Å². The average molecular weight is 1230 g/mol. The van der Waals surface area contributed by atoms with Crippen LogP contribution in [0.15, 0.2) is 91.0 Å². The van der Waals surface area contributed by atoms with E-state index >= 15 is 0 Å². The van der Waals surface area contributed by atoms with Crippen LogP contribution in [0.4, 0.5) is 0 Å². The van der Waals surface area contributed by atoms with E-state index in [9.17, 15) is 14.4 Å². The van der Waals surface area contributed by atoms with Crippen LogP contribution in [0, 0.1) is 11.8 Å². The number of ether oxygens (including phenoxy) is 3. The maximum atomic E-state index is 13.5. The molecule has 2 atom stereocenters. The number of esters is 3. The molecule has 0 aliphatic carbocycles. The van der Waals surface area contributed by atoms with Gasteiger partial charge < -0.3 is 28.0 Å². The maximum absolute atomic E-state index is 13.5. The first-order valence-corrected chi connectivity index (χ1v) is 40.1. The van der Waals surface area contributed by atoms with Crippen molar-refractivity contribution < 1.29 is 37.4 Å². The topological polar surface area (TPSA) is 107 Å². The molecule has 0 spiro atoms. The summed E-state index contributed by atoms with van der Waals surface area (Å²) in [5.41, 5.74) is 3.93. The zero-order valence-corrected chi connectivity index (χ0v) is 58.8. The van der Waals surface area contributed by atoms with Crippen LogP contribution in [0.5, 0.6) is 0 Å². The average Bonchev–Trinajstić information content (AvgIpc) is 1.29. The number of thioether (sulfide) groups is 1.